The van der Waals surface area contributed by atoms with Crippen LogP contribution < -0.4 is 5.32 Å². The standard InChI is InChI=1S/C53H105NO5/c1-3-5-7-9-11-13-15-17-19-21-22-23-24-25-26-27-28-29-30-31-33-35-37-39-41-43-45-47-51(57)53(59)54-49(48-55)52(58)50(56)46-44-42-40-38-36-34-32-20-18-16-14-12-10-8-6-4-2/h25-26,49-52,55-58H,3-24,27-48H2,1-2H3,(H,54,59)/b26-25-. The van der Waals surface area contributed by atoms with Gasteiger partial charge in [0.2, 0.25) is 5.91 Å². The van der Waals surface area contributed by atoms with Crippen LogP contribution in [0.3, 0.4) is 0 Å². The number of unbranched alkanes of at least 4 members (excludes halogenated alkanes) is 38. The van der Waals surface area contributed by atoms with Crippen molar-refractivity contribution >= 4 is 5.91 Å². The van der Waals surface area contributed by atoms with E-state index >= 15 is 0 Å². The van der Waals surface area contributed by atoms with E-state index in [1.807, 2.05) is 0 Å². The third-order valence-corrected chi connectivity index (χ3v) is 12.7. The second kappa shape index (κ2) is 48.1. The molecule has 0 radical (unpaired) electrons. The summed E-state index contributed by atoms with van der Waals surface area (Å²) in [4.78, 5) is 12.6. The van der Waals surface area contributed by atoms with Gasteiger partial charge in [0.05, 0.1) is 18.8 Å². The summed E-state index contributed by atoms with van der Waals surface area (Å²) in [5.41, 5.74) is 0. The molecular formula is C53H105NO5. The van der Waals surface area contributed by atoms with Gasteiger partial charge in [-0.25, -0.2) is 0 Å². The highest BCUT2D eigenvalue weighted by Gasteiger charge is 2.28. The van der Waals surface area contributed by atoms with Gasteiger partial charge in [-0.2, -0.15) is 0 Å². The lowest BCUT2D eigenvalue weighted by Crippen LogP contribution is -2.53. The summed E-state index contributed by atoms with van der Waals surface area (Å²) in [7, 11) is 0. The lowest BCUT2D eigenvalue weighted by atomic mass is 9.99. The van der Waals surface area contributed by atoms with E-state index in [1.165, 1.54) is 225 Å². The fourth-order valence-corrected chi connectivity index (χ4v) is 8.52. The number of aliphatic hydroxyl groups is 4. The topological polar surface area (TPSA) is 110 Å². The molecule has 6 heteroatoms. The van der Waals surface area contributed by atoms with Crippen molar-refractivity contribution in [1.29, 1.82) is 0 Å². The van der Waals surface area contributed by atoms with Crippen molar-refractivity contribution in [2.24, 2.45) is 0 Å². The second-order valence-corrected chi connectivity index (χ2v) is 18.6. The first-order chi connectivity index (χ1) is 29.0. The minimum Gasteiger partial charge on any atom is -0.394 e. The first-order valence-electron chi connectivity index (χ1n) is 26.6. The largest absolute Gasteiger partial charge is 0.394 e. The Kier molecular flexibility index (Phi) is 47.3. The average molecular weight is 836 g/mol. The molecule has 59 heavy (non-hydrogen) atoms. The molecule has 352 valence electrons. The van der Waals surface area contributed by atoms with Gasteiger partial charge in [0.25, 0.3) is 0 Å². The second-order valence-electron chi connectivity index (χ2n) is 18.6. The van der Waals surface area contributed by atoms with Crippen molar-refractivity contribution in [3.05, 3.63) is 12.2 Å². The zero-order valence-corrected chi connectivity index (χ0v) is 39.8. The maximum absolute atomic E-state index is 12.6. The molecule has 0 fully saturated rings. The number of hydrogen-bond donors (Lipinski definition) is 5. The Morgan fingerprint density at radius 2 is 0.678 bits per heavy atom. The van der Waals surface area contributed by atoms with Crippen LogP contribution in [0.25, 0.3) is 0 Å². The summed E-state index contributed by atoms with van der Waals surface area (Å²) in [6.07, 6.45) is 55.5. The molecule has 0 aromatic rings. The van der Waals surface area contributed by atoms with E-state index in [1.54, 1.807) is 0 Å². The van der Waals surface area contributed by atoms with Crippen LogP contribution in [0.1, 0.15) is 290 Å². The van der Waals surface area contributed by atoms with Gasteiger partial charge in [-0.15, -0.1) is 0 Å². The quantitative estimate of drug-likeness (QED) is 0.0310. The molecule has 0 bridgehead atoms. The molecule has 0 aromatic carbocycles. The fraction of sp³-hybridized carbons (Fsp3) is 0.943. The number of aliphatic hydroxyl groups excluding tert-OH is 4. The summed E-state index contributed by atoms with van der Waals surface area (Å²) in [5.74, 6) is -0.580. The first-order valence-corrected chi connectivity index (χ1v) is 26.6. The Morgan fingerprint density at radius 3 is 0.983 bits per heavy atom. The summed E-state index contributed by atoms with van der Waals surface area (Å²) < 4.78 is 0. The lowest BCUT2D eigenvalue weighted by Gasteiger charge is -2.27. The van der Waals surface area contributed by atoms with E-state index in [4.69, 9.17) is 0 Å². The molecule has 0 aliphatic carbocycles. The fourth-order valence-electron chi connectivity index (χ4n) is 8.52. The molecule has 4 unspecified atom stereocenters. The van der Waals surface area contributed by atoms with Crippen molar-refractivity contribution in [2.45, 2.75) is 314 Å². The third kappa shape index (κ3) is 42.1. The minimum atomic E-state index is -1.26. The first kappa shape index (κ1) is 58.0. The van der Waals surface area contributed by atoms with Crippen molar-refractivity contribution in [3.8, 4) is 0 Å². The summed E-state index contributed by atoms with van der Waals surface area (Å²) in [6.45, 7) is 4.08. The Bertz CT molecular complexity index is 852. The van der Waals surface area contributed by atoms with Crippen LogP contribution in [0.5, 0.6) is 0 Å². The highest BCUT2D eigenvalue weighted by atomic mass is 16.3. The molecule has 0 spiro atoms. The molecule has 5 N–H and O–H groups in total. The number of allylic oxidation sites excluding steroid dienone is 2. The summed E-state index contributed by atoms with van der Waals surface area (Å²) >= 11 is 0. The molecule has 0 aromatic heterocycles. The van der Waals surface area contributed by atoms with Gasteiger partial charge >= 0.3 is 0 Å². The maximum Gasteiger partial charge on any atom is 0.249 e. The smallest absolute Gasteiger partial charge is 0.249 e. The van der Waals surface area contributed by atoms with Gasteiger partial charge in [-0.3, -0.25) is 4.79 Å². The Hall–Kier alpha value is -0.950. The molecule has 1 amide bonds. The van der Waals surface area contributed by atoms with Gasteiger partial charge in [0.1, 0.15) is 12.2 Å². The van der Waals surface area contributed by atoms with Gasteiger partial charge in [0.15, 0.2) is 0 Å². The van der Waals surface area contributed by atoms with Crippen molar-refractivity contribution in [2.75, 3.05) is 6.61 Å². The van der Waals surface area contributed by atoms with Gasteiger partial charge in [0, 0.05) is 0 Å². The maximum atomic E-state index is 12.6. The zero-order valence-electron chi connectivity index (χ0n) is 39.8. The SMILES string of the molecule is CCCCCCCCCCCCCC/C=C\CCCCCCCCCCCCCC(O)C(=O)NC(CO)C(O)C(O)CCCCCCCCCCCCCCCCCC. The Labute approximate surface area is 368 Å². The van der Waals surface area contributed by atoms with E-state index < -0.39 is 36.9 Å². The molecule has 0 aliphatic rings. The van der Waals surface area contributed by atoms with Crippen LogP contribution in [-0.2, 0) is 4.79 Å². The number of carbonyl (C=O) groups is 1. The van der Waals surface area contributed by atoms with Crippen molar-refractivity contribution in [3.63, 3.8) is 0 Å². The van der Waals surface area contributed by atoms with Crippen LogP contribution in [0, 0.1) is 0 Å². The van der Waals surface area contributed by atoms with E-state index in [0.29, 0.717) is 12.8 Å². The molecule has 4 atom stereocenters. The molecule has 0 saturated carbocycles. The van der Waals surface area contributed by atoms with Crippen LogP contribution in [-0.4, -0.2) is 57.3 Å². The molecule has 0 rings (SSSR count). The van der Waals surface area contributed by atoms with E-state index in [0.717, 1.165) is 38.5 Å². The van der Waals surface area contributed by atoms with Crippen LogP contribution in [0.4, 0.5) is 0 Å². The molecule has 0 aliphatic heterocycles. The van der Waals surface area contributed by atoms with Gasteiger partial charge < -0.3 is 25.7 Å². The predicted octanol–water partition coefficient (Wildman–Crippen LogP) is 14.9. The van der Waals surface area contributed by atoms with Crippen molar-refractivity contribution < 1.29 is 25.2 Å². The summed E-state index contributed by atoms with van der Waals surface area (Å²) in [5, 5.41) is 43.9. The van der Waals surface area contributed by atoms with Crippen LogP contribution >= 0.6 is 0 Å². The number of amides is 1. The van der Waals surface area contributed by atoms with Crippen LogP contribution in [0.2, 0.25) is 0 Å². The van der Waals surface area contributed by atoms with E-state index in [9.17, 15) is 25.2 Å². The Balaban J connectivity index is 3.61. The third-order valence-electron chi connectivity index (χ3n) is 12.7. The Morgan fingerprint density at radius 1 is 0.407 bits per heavy atom. The van der Waals surface area contributed by atoms with Crippen molar-refractivity contribution in [1.82, 2.24) is 5.32 Å². The average Bonchev–Trinajstić information content (AvgIpc) is 3.24. The number of rotatable bonds is 49. The molecule has 0 saturated heterocycles. The van der Waals surface area contributed by atoms with Gasteiger partial charge in [-0.05, 0) is 38.5 Å². The number of nitrogens with one attached hydrogen (secondary N) is 1. The van der Waals surface area contributed by atoms with E-state index in [-0.39, 0.29) is 0 Å². The summed E-state index contributed by atoms with van der Waals surface area (Å²) in [6, 6.07) is -0.983. The monoisotopic (exact) mass is 836 g/mol. The highest BCUT2D eigenvalue weighted by Crippen LogP contribution is 2.18. The number of hydrogen-bond acceptors (Lipinski definition) is 5. The predicted molar refractivity (Wildman–Crippen MR) is 256 cm³/mol. The molecular weight excluding hydrogens is 731 g/mol. The normalized spacial score (nSPS) is 13.9. The zero-order chi connectivity index (χ0) is 43.1. The number of carbonyl (C=O) groups excluding carboxylic acids is 1. The molecule has 6 nitrogen and oxygen atoms in total. The lowest BCUT2D eigenvalue weighted by molar-refractivity contribution is -0.132. The molecule has 0 heterocycles. The van der Waals surface area contributed by atoms with Crippen LogP contribution in [0.15, 0.2) is 12.2 Å². The van der Waals surface area contributed by atoms with Gasteiger partial charge in [-0.1, -0.05) is 264 Å². The highest BCUT2D eigenvalue weighted by molar-refractivity contribution is 5.80. The van der Waals surface area contributed by atoms with E-state index in [2.05, 4.69) is 31.3 Å². The minimum absolute atomic E-state index is 0.371.